The molecule has 6 heteroatoms. The third-order valence-corrected chi connectivity index (χ3v) is 2.35. The molecule has 5 nitrogen and oxygen atoms in total. The molecule has 17 heavy (non-hydrogen) atoms. The smallest absolute Gasteiger partial charge is 0.425 e. The van der Waals surface area contributed by atoms with Gasteiger partial charge in [-0.05, 0) is 36.1 Å². The Morgan fingerprint density at radius 2 is 1.65 bits per heavy atom. The summed E-state index contributed by atoms with van der Waals surface area (Å²) >= 11 is 0. The fourth-order valence-electron chi connectivity index (χ4n) is 1.51. The van der Waals surface area contributed by atoms with Crippen molar-refractivity contribution in [2.45, 2.75) is 6.92 Å². The minimum absolute atomic E-state index is 0.306. The molecule has 0 fully saturated rings. The molecular formula is C11H11NO4S. The van der Waals surface area contributed by atoms with Crippen LogP contribution < -0.4 is 5.73 Å². The third kappa shape index (κ3) is 3.18. The Morgan fingerprint density at radius 3 is 2.24 bits per heavy atom. The molecule has 0 atom stereocenters. The van der Waals surface area contributed by atoms with Crippen LogP contribution in [-0.2, 0) is 10.6 Å². The van der Waals surface area contributed by atoms with Crippen molar-refractivity contribution >= 4 is 27.1 Å². The number of phenolic OH excluding ortho intramolecular Hbond substituents is 1. The number of nitrogens with two attached hydrogens (primary N) is 1. The average molecular weight is 253 g/mol. The van der Waals surface area contributed by atoms with Crippen LogP contribution in [0.25, 0.3) is 10.8 Å². The second-order valence-electron chi connectivity index (χ2n) is 3.36. The van der Waals surface area contributed by atoms with Gasteiger partial charge in [-0.25, -0.2) is 0 Å². The lowest BCUT2D eigenvalue weighted by atomic mass is 10.0. The van der Waals surface area contributed by atoms with Gasteiger partial charge in [0.15, 0.2) is 0 Å². The van der Waals surface area contributed by atoms with Gasteiger partial charge >= 0.3 is 10.6 Å². The summed E-state index contributed by atoms with van der Waals surface area (Å²) in [6.45, 7) is 1.96. The number of phenols is 1. The van der Waals surface area contributed by atoms with Crippen LogP contribution in [0.3, 0.4) is 0 Å². The van der Waals surface area contributed by atoms with Crippen molar-refractivity contribution in [1.29, 1.82) is 0 Å². The van der Waals surface area contributed by atoms with Crippen LogP contribution in [0, 0.1) is 6.92 Å². The molecule has 2 aromatic rings. The normalized spacial score (nSPS) is 9.47. The maximum absolute atomic E-state index is 9.55. The fraction of sp³-hybridized carbons (Fsp3) is 0.0909. The maximum atomic E-state index is 9.55. The molecule has 0 aromatic heterocycles. The Bertz CT molecular complexity index is 643. The van der Waals surface area contributed by atoms with Crippen LogP contribution >= 0.6 is 0 Å². The first kappa shape index (κ1) is 13.0. The number of fused-ring (bicyclic) bond motifs is 1. The standard InChI is InChI=1S/C11H11NO.O3S/c1-7-8-3-2-4-11(13)9(8)5-6-10(7)12;1-4(2)3/h2-6,13H,12H2,1H3;. The van der Waals surface area contributed by atoms with E-state index in [1.807, 2.05) is 31.2 Å². The van der Waals surface area contributed by atoms with Gasteiger partial charge in [0.05, 0.1) is 0 Å². The minimum Gasteiger partial charge on any atom is -0.507 e. The van der Waals surface area contributed by atoms with Gasteiger partial charge in [0.25, 0.3) is 0 Å². The van der Waals surface area contributed by atoms with Crippen LogP contribution in [0.15, 0.2) is 30.3 Å². The number of aromatic hydroxyl groups is 1. The van der Waals surface area contributed by atoms with Gasteiger partial charge in [0.2, 0.25) is 0 Å². The molecule has 0 saturated carbocycles. The number of nitrogen functional groups attached to an aromatic ring is 1. The van der Waals surface area contributed by atoms with E-state index in [4.69, 9.17) is 18.4 Å². The number of rotatable bonds is 0. The van der Waals surface area contributed by atoms with Gasteiger partial charge in [0, 0.05) is 11.1 Å². The highest BCUT2D eigenvalue weighted by Crippen LogP contribution is 2.29. The summed E-state index contributed by atoms with van der Waals surface area (Å²) in [5.41, 5.74) is 7.54. The molecule has 0 bridgehead atoms. The molecule has 0 aliphatic heterocycles. The number of aryl methyl sites for hydroxylation is 1. The average Bonchev–Trinajstić information content (AvgIpc) is 2.23. The van der Waals surface area contributed by atoms with Gasteiger partial charge in [-0.2, -0.15) is 0 Å². The SMILES string of the molecule is Cc1c(N)ccc2c(O)cccc12.O=S(=O)=O. The zero-order valence-electron chi connectivity index (χ0n) is 9.04. The highest BCUT2D eigenvalue weighted by molar-refractivity contribution is 7.59. The molecule has 0 radical (unpaired) electrons. The summed E-state index contributed by atoms with van der Waals surface area (Å²) in [6.07, 6.45) is 0. The van der Waals surface area contributed by atoms with E-state index < -0.39 is 10.6 Å². The Morgan fingerprint density at radius 1 is 1.06 bits per heavy atom. The second kappa shape index (κ2) is 5.31. The van der Waals surface area contributed by atoms with Crippen LogP contribution in [0.5, 0.6) is 5.75 Å². The number of anilines is 1. The monoisotopic (exact) mass is 253 g/mol. The first-order chi connectivity index (χ1) is 7.93. The van der Waals surface area contributed by atoms with E-state index >= 15 is 0 Å². The van der Waals surface area contributed by atoms with Crippen molar-refractivity contribution in [2.24, 2.45) is 0 Å². The minimum atomic E-state index is -3.11. The molecule has 0 heterocycles. The third-order valence-electron chi connectivity index (χ3n) is 2.35. The van der Waals surface area contributed by atoms with E-state index in [2.05, 4.69) is 0 Å². The summed E-state index contributed by atoms with van der Waals surface area (Å²) in [4.78, 5) is 0. The topological polar surface area (TPSA) is 97.5 Å². The molecule has 2 rings (SSSR count). The molecule has 0 amide bonds. The number of hydrogen-bond acceptors (Lipinski definition) is 5. The van der Waals surface area contributed by atoms with Crippen molar-refractivity contribution in [3.63, 3.8) is 0 Å². The van der Waals surface area contributed by atoms with Crippen molar-refractivity contribution in [3.05, 3.63) is 35.9 Å². The second-order valence-corrected chi connectivity index (χ2v) is 3.76. The van der Waals surface area contributed by atoms with E-state index in [1.54, 1.807) is 6.07 Å². The van der Waals surface area contributed by atoms with Gasteiger partial charge in [-0.1, -0.05) is 12.1 Å². The molecular weight excluding hydrogens is 242 g/mol. The summed E-state index contributed by atoms with van der Waals surface area (Å²) < 4.78 is 25.3. The largest absolute Gasteiger partial charge is 0.507 e. The molecule has 0 spiro atoms. The Kier molecular flexibility index (Phi) is 4.06. The van der Waals surface area contributed by atoms with Gasteiger partial charge < -0.3 is 10.8 Å². The van der Waals surface area contributed by atoms with Crippen molar-refractivity contribution < 1.29 is 17.7 Å². The van der Waals surface area contributed by atoms with Gasteiger partial charge in [-0.3, -0.25) is 0 Å². The number of hydrogen-bond donors (Lipinski definition) is 2. The van der Waals surface area contributed by atoms with Crippen LogP contribution in [0.4, 0.5) is 5.69 Å². The Hall–Kier alpha value is -2.08. The molecule has 0 unspecified atom stereocenters. The first-order valence-electron chi connectivity index (χ1n) is 4.67. The Balaban J connectivity index is 0.000000317. The Labute approximate surface area is 99.6 Å². The molecule has 90 valence electrons. The quantitative estimate of drug-likeness (QED) is 0.692. The van der Waals surface area contributed by atoms with Gasteiger partial charge in [0.1, 0.15) is 5.75 Å². The molecule has 2 aromatic carbocycles. The van der Waals surface area contributed by atoms with Crippen LogP contribution in [0.1, 0.15) is 5.56 Å². The van der Waals surface area contributed by atoms with Gasteiger partial charge in [-0.15, -0.1) is 12.6 Å². The fourth-order valence-corrected chi connectivity index (χ4v) is 1.51. The lowest BCUT2D eigenvalue weighted by Crippen LogP contribution is -1.89. The van der Waals surface area contributed by atoms with Crippen LogP contribution in [-0.4, -0.2) is 17.7 Å². The molecule has 0 aliphatic carbocycles. The van der Waals surface area contributed by atoms with E-state index in [9.17, 15) is 5.11 Å². The summed E-state index contributed by atoms with van der Waals surface area (Å²) in [5, 5.41) is 11.4. The van der Waals surface area contributed by atoms with E-state index in [1.165, 1.54) is 0 Å². The van der Waals surface area contributed by atoms with E-state index in [0.29, 0.717) is 5.75 Å². The van der Waals surface area contributed by atoms with Crippen LogP contribution in [0.2, 0.25) is 0 Å². The van der Waals surface area contributed by atoms with Crippen molar-refractivity contribution in [1.82, 2.24) is 0 Å². The van der Waals surface area contributed by atoms with Crippen molar-refractivity contribution in [2.75, 3.05) is 5.73 Å². The lowest BCUT2D eigenvalue weighted by molar-refractivity contribution is 0.481. The van der Waals surface area contributed by atoms with E-state index in [-0.39, 0.29) is 0 Å². The summed E-state index contributed by atoms with van der Waals surface area (Å²) in [7, 11) is -3.11. The molecule has 0 saturated heterocycles. The van der Waals surface area contributed by atoms with Crippen molar-refractivity contribution in [3.8, 4) is 5.75 Å². The maximum Gasteiger partial charge on any atom is 0.425 e. The highest BCUT2D eigenvalue weighted by atomic mass is 32.2. The lowest BCUT2D eigenvalue weighted by Gasteiger charge is -2.06. The summed E-state index contributed by atoms with van der Waals surface area (Å²) in [6, 6.07) is 9.12. The summed E-state index contributed by atoms with van der Waals surface area (Å²) in [5.74, 6) is 0.306. The molecule has 3 N–H and O–H groups in total. The predicted octanol–water partition coefficient (Wildman–Crippen LogP) is 1.43. The molecule has 0 aliphatic rings. The predicted molar refractivity (Wildman–Crippen MR) is 64.5 cm³/mol. The zero-order valence-corrected chi connectivity index (χ0v) is 9.86. The highest BCUT2D eigenvalue weighted by Gasteiger charge is 2.02. The number of benzene rings is 2. The zero-order chi connectivity index (χ0) is 13.0. The first-order valence-corrected chi connectivity index (χ1v) is 5.67. The van der Waals surface area contributed by atoms with E-state index in [0.717, 1.165) is 22.0 Å².